The number of anilines is 1. The van der Waals surface area contributed by atoms with E-state index >= 15 is 0 Å². The van der Waals surface area contributed by atoms with Crippen LogP contribution in [0.15, 0.2) is 30.5 Å². The van der Waals surface area contributed by atoms with Gasteiger partial charge in [0.1, 0.15) is 0 Å². The van der Waals surface area contributed by atoms with Crippen LogP contribution in [-0.2, 0) is 6.54 Å². The average molecular weight is 314 g/mol. The number of carbonyl (C=O) groups is 1. The molecule has 5 nitrogen and oxygen atoms in total. The monoisotopic (exact) mass is 314 g/mol. The molecule has 0 saturated carbocycles. The molecule has 0 spiro atoms. The number of hydrogen-bond donors (Lipinski definition) is 1. The summed E-state index contributed by atoms with van der Waals surface area (Å²) in [6.45, 7) is 5.79. The second-order valence-electron chi connectivity index (χ2n) is 6.67. The molecule has 2 aromatic rings. The highest BCUT2D eigenvalue weighted by Gasteiger charge is 2.26. The summed E-state index contributed by atoms with van der Waals surface area (Å²) in [6, 6.07) is 8.23. The molecule has 0 bridgehead atoms. The fraction of sp³-hybridized carbons (Fsp3) is 0.500. The SMILES string of the molecule is CCn1ccc2ccc(NC(=O)N3CC[C@H](CN(C)C)C3)cc21. The van der Waals surface area contributed by atoms with Crippen molar-refractivity contribution in [1.82, 2.24) is 14.4 Å². The van der Waals surface area contributed by atoms with E-state index in [2.05, 4.69) is 60.2 Å². The van der Waals surface area contributed by atoms with Crippen LogP contribution in [0.25, 0.3) is 10.9 Å². The molecular weight excluding hydrogens is 288 g/mol. The zero-order valence-corrected chi connectivity index (χ0v) is 14.2. The van der Waals surface area contributed by atoms with Crippen LogP contribution < -0.4 is 5.32 Å². The molecule has 2 heterocycles. The number of nitrogens with one attached hydrogen (secondary N) is 1. The lowest BCUT2D eigenvalue weighted by Gasteiger charge is -2.19. The number of amides is 2. The number of likely N-dealkylation sites (tertiary alicyclic amines) is 1. The Balaban J connectivity index is 1.66. The first kappa shape index (κ1) is 15.9. The summed E-state index contributed by atoms with van der Waals surface area (Å²) in [7, 11) is 4.17. The van der Waals surface area contributed by atoms with E-state index in [1.807, 2.05) is 11.0 Å². The summed E-state index contributed by atoms with van der Waals surface area (Å²) >= 11 is 0. The van der Waals surface area contributed by atoms with E-state index in [9.17, 15) is 4.79 Å². The zero-order chi connectivity index (χ0) is 16.4. The molecule has 1 aliphatic heterocycles. The molecule has 0 aliphatic carbocycles. The lowest BCUT2D eigenvalue weighted by atomic mass is 10.1. The fourth-order valence-corrected chi connectivity index (χ4v) is 3.42. The molecule has 1 atom stereocenters. The number of aromatic nitrogens is 1. The number of nitrogens with zero attached hydrogens (tertiary/aromatic N) is 3. The van der Waals surface area contributed by atoms with Crippen LogP contribution in [0.2, 0.25) is 0 Å². The smallest absolute Gasteiger partial charge is 0.321 e. The van der Waals surface area contributed by atoms with Crippen LogP contribution in [0.4, 0.5) is 10.5 Å². The van der Waals surface area contributed by atoms with Crippen molar-refractivity contribution in [2.75, 3.05) is 39.0 Å². The number of urea groups is 1. The average Bonchev–Trinajstić information content (AvgIpc) is 3.12. The number of fused-ring (bicyclic) bond motifs is 1. The summed E-state index contributed by atoms with van der Waals surface area (Å²) in [5.74, 6) is 0.579. The molecule has 5 heteroatoms. The van der Waals surface area contributed by atoms with E-state index in [0.29, 0.717) is 5.92 Å². The molecule has 0 radical (unpaired) electrons. The van der Waals surface area contributed by atoms with Gasteiger partial charge in [-0.25, -0.2) is 4.79 Å². The van der Waals surface area contributed by atoms with Gasteiger partial charge < -0.3 is 19.7 Å². The van der Waals surface area contributed by atoms with Gasteiger partial charge in [-0.1, -0.05) is 6.07 Å². The van der Waals surface area contributed by atoms with Crippen molar-refractivity contribution < 1.29 is 4.79 Å². The quantitative estimate of drug-likeness (QED) is 0.942. The largest absolute Gasteiger partial charge is 0.348 e. The van der Waals surface area contributed by atoms with Crippen LogP contribution >= 0.6 is 0 Å². The standard InChI is InChI=1S/C18H26N4O/c1-4-21-10-8-15-5-6-16(11-17(15)21)19-18(23)22-9-7-14(13-22)12-20(2)3/h5-6,8,10-11,14H,4,7,9,12-13H2,1-3H3,(H,19,23)/t14-/m1/s1. The molecule has 3 rings (SSSR count). The summed E-state index contributed by atoms with van der Waals surface area (Å²) in [5, 5.41) is 4.26. The van der Waals surface area contributed by atoms with Gasteiger partial charge in [-0.3, -0.25) is 0 Å². The molecule has 1 saturated heterocycles. The minimum absolute atomic E-state index is 0.0141. The Bertz CT molecular complexity index is 691. The second kappa shape index (κ2) is 6.62. The van der Waals surface area contributed by atoms with Crippen LogP contribution in [0.1, 0.15) is 13.3 Å². The number of carbonyl (C=O) groups excluding carboxylic acids is 1. The van der Waals surface area contributed by atoms with E-state index in [-0.39, 0.29) is 6.03 Å². The second-order valence-corrected chi connectivity index (χ2v) is 6.67. The molecule has 2 amide bonds. The van der Waals surface area contributed by atoms with Crippen molar-refractivity contribution in [1.29, 1.82) is 0 Å². The highest BCUT2D eigenvalue weighted by Crippen LogP contribution is 2.22. The molecule has 0 unspecified atom stereocenters. The number of hydrogen-bond acceptors (Lipinski definition) is 2. The van der Waals surface area contributed by atoms with Crippen LogP contribution in [0.3, 0.4) is 0 Å². The summed E-state index contributed by atoms with van der Waals surface area (Å²) in [5.41, 5.74) is 2.03. The first-order valence-electron chi connectivity index (χ1n) is 8.36. The normalized spacial score (nSPS) is 18.1. The van der Waals surface area contributed by atoms with E-state index in [1.54, 1.807) is 0 Å². The van der Waals surface area contributed by atoms with Gasteiger partial charge in [0.2, 0.25) is 0 Å². The molecule has 1 fully saturated rings. The lowest BCUT2D eigenvalue weighted by Crippen LogP contribution is -2.34. The topological polar surface area (TPSA) is 40.5 Å². The predicted molar refractivity (Wildman–Crippen MR) is 94.9 cm³/mol. The summed E-state index contributed by atoms with van der Waals surface area (Å²) in [6.07, 6.45) is 3.17. The Hall–Kier alpha value is -2.01. The van der Waals surface area contributed by atoms with Crippen molar-refractivity contribution in [3.05, 3.63) is 30.5 Å². The van der Waals surface area contributed by atoms with Crippen molar-refractivity contribution in [2.24, 2.45) is 5.92 Å². The minimum atomic E-state index is 0.0141. The van der Waals surface area contributed by atoms with Crippen molar-refractivity contribution in [2.45, 2.75) is 19.9 Å². The van der Waals surface area contributed by atoms with Gasteiger partial charge in [0, 0.05) is 38.1 Å². The molecule has 1 aromatic heterocycles. The third-order valence-electron chi connectivity index (χ3n) is 4.56. The van der Waals surface area contributed by atoms with Gasteiger partial charge in [0.05, 0.1) is 5.52 Å². The summed E-state index contributed by atoms with van der Waals surface area (Å²) in [4.78, 5) is 16.6. The Kier molecular flexibility index (Phi) is 4.57. The van der Waals surface area contributed by atoms with Gasteiger partial charge in [-0.05, 0) is 56.9 Å². The van der Waals surface area contributed by atoms with E-state index in [4.69, 9.17) is 0 Å². The minimum Gasteiger partial charge on any atom is -0.348 e. The Morgan fingerprint density at radius 3 is 2.91 bits per heavy atom. The Morgan fingerprint density at radius 1 is 1.35 bits per heavy atom. The molecule has 23 heavy (non-hydrogen) atoms. The molecule has 1 N–H and O–H groups in total. The van der Waals surface area contributed by atoms with Gasteiger partial charge in [-0.2, -0.15) is 0 Å². The number of aryl methyl sites for hydroxylation is 1. The van der Waals surface area contributed by atoms with Crippen LogP contribution in [-0.4, -0.2) is 54.1 Å². The Morgan fingerprint density at radius 2 is 2.17 bits per heavy atom. The van der Waals surface area contributed by atoms with Gasteiger partial charge in [-0.15, -0.1) is 0 Å². The molecular formula is C18H26N4O. The molecule has 1 aromatic carbocycles. The maximum absolute atomic E-state index is 12.5. The van der Waals surface area contributed by atoms with Crippen LogP contribution in [0, 0.1) is 5.92 Å². The van der Waals surface area contributed by atoms with Gasteiger partial charge >= 0.3 is 6.03 Å². The fourth-order valence-electron chi connectivity index (χ4n) is 3.42. The van der Waals surface area contributed by atoms with E-state index in [0.717, 1.165) is 43.8 Å². The molecule has 124 valence electrons. The maximum Gasteiger partial charge on any atom is 0.321 e. The van der Waals surface area contributed by atoms with Gasteiger partial charge in [0.15, 0.2) is 0 Å². The molecule has 1 aliphatic rings. The first-order valence-corrected chi connectivity index (χ1v) is 8.36. The lowest BCUT2D eigenvalue weighted by molar-refractivity contribution is 0.219. The highest BCUT2D eigenvalue weighted by atomic mass is 16.2. The number of rotatable bonds is 4. The van der Waals surface area contributed by atoms with Gasteiger partial charge in [0.25, 0.3) is 0 Å². The van der Waals surface area contributed by atoms with E-state index < -0.39 is 0 Å². The van der Waals surface area contributed by atoms with Crippen molar-refractivity contribution in [3.63, 3.8) is 0 Å². The van der Waals surface area contributed by atoms with Crippen molar-refractivity contribution >= 4 is 22.6 Å². The van der Waals surface area contributed by atoms with Crippen LogP contribution in [0.5, 0.6) is 0 Å². The Labute approximate surface area is 137 Å². The maximum atomic E-state index is 12.5. The van der Waals surface area contributed by atoms with Crippen molar-refractivity contribution in [3.8, 4) is 0 Å². The highest BCUT2D eigenvalue weighted by molar-refractivity contribution is 5.93. The van der Waals surface area contributed by atoms with E-state index in [1.165, 1.54) is 5.39 Å². The third-order valence-corrected chi connectivity index (χ3v) is 4.56. The predicted octanol–water partition coefficient (Wildman–Crippen LogP) is 3.08. The zero-order valence-electron chi connectivity index (χ0n) is 14.2. The number of benzene rings is 1. The first-order chi connectivity index (χ1) is 11.1. The third kappa shape index (κ3) is 3.50. The summed E-state index contributed by atoms with van der Waals surface area (Å²) < 4.78 is 2.19.